The van der Waals surface area contributed by atoms with Gasteiger partial charge < -0.3 is 9.47 Å². The average molecular weight is 219 g/mol. The fourth-order valence-electron chi connectivity index (χ4n) is 2.57. The zero-order valence-corrected chi connectivity index (χ0v) is 9.55. The molecule has 2 fully saturated rings. The maximum atomic E-state index is 6.31. The molecular formula is C11H19ClO2. The molecule has 3 heteroatoms. The molecule has 14 heavy (non-hydrogen) atoms. The van der Waals surface area contributed by atoms with Crippen LogP contribution in [-0.4, -0.2) is 30.8 Å². The average Bonchev–Trinajstić information content (AvgIpc) is 2.65. The molecule has 2 heterocycles. The predicted octanol–water partition coefficient (Wildman–Crippen LogP) is 2.59. The molecular weight excluding hydrogens is 200 g/mol. The van der Waals surface area contributed by atoms with Gasteiger partial charge in [-0.05, 0) is 25.2 Å². The Balaban J connectivity index is 1.96. The van der Waals surface area contributed by atoms with Gasteiger partial charge in [-0.1, -0.05) is 6.92 Å². The van der Waals surface area contributed by atoms with Crippen LogP contribution < -0.4 is 0 Å². The smallest absolute Gasteiger partial charge is 0.0939 e. The summed E-state index contributed by atoms with van der Waals surface area (Å²) in [5.74, 6) is 0.622. The Morgan fingerprint density at radius 2 is 2.36 bits per heavy atom. The van der Waals surface area contributed by atoms with Crippen LogP contribution in [0.1, 0.15) is 32.6 Å². The van der Waals surface area contributed by atoms with Gasteiger partial charge >= 0.3 is 0 Å². The number of alkyl halides is 1. The third-order valence-corrected chi connectivity index (χ3v) is 4.16. The van der Waals surface area contributed by atoms with E-state index in [1.165, 1.54) is 0 Å². The number of ether oxygens (including phenoxy) is 2. The Kier molecular flexibility index (Phi) is 3.35. The van der Waals surface area contributed by atoms with Gasteiger partial charge in [-0.25, -0.2) is 0 Å². The van der Waals surface area contributed by atoms with Gasteiger partial charge in [0.05, 0.1) is 12.2 Å². The van der Waals surface area contributed by atoms with E-state index in [1.807, 2.05) is 0 Å². The van der Waals surface area contributed by atoms with E-state index in [2.05, 4.69) is 6.92 Å². The van der Waals surface area contributed by atoms with E-state index >= 15 is 0 Å². The summed E-state index contributed by atoms with van der Waals surface area (Å²) in [6.45, 7) is 4.64. The maximum absolute atomic E-state index is 6.31. The normalized spacial score (nSPS) is 40.3. The van der Waals surface area contributed by atoms with Crippen LogP contribution in [0.4, 0.5) is 0 Å². The maximum Gasteiger partial charge on any atom is 0.0939 e. The highest BCUT2D eigenvalue weighted by atomic mass is 35.5. The van der Waals surface area contributed by atoms with Crippen molar-refractivity contribution in [1.82, 2.24) is 0 Å². The van der Waals surface area contributed by atoms with E-state index < -0.39 is 0 Å². The van der Waals surface area contributed by atoms with Gasteiger partial charge in [-0.3, -0.25) is 0 Å². The first-order valence-corrected chi connectivity index (χ1v) is 6.05. The van der Waals surface area contributed by atoms with E-state index in [-0.39, 0.29) is 5.60 Å². The fraction of sp³-hybridized carbons (Fsp3) is 1.00. The molecule has 0 radical (unpaired) electrons. The number of hydrogen-bond donors (Lipinski definition) is 0. The highest BCUT2D eigenvalue weighted by Crippen LogP contribution is 2.38. The SMILES string of the molecule is CCC(Cl)C1CCOC2(CCOC2)C1. The van der Waals surface area contributed by atoms with Crippen LogP contribution in [0.3, 0.4) is 0 Å². The lowest BCUT2D eigenvalue weighted by atomic mass is 9.83. The summed E-state index contributed by atoms with van der Waals surface area (Å²) in [5, 5.41) is 0.316. The second-order valence-electron chi connectivity index (χ2n) is 4.51. The van der Waals surface area contributed by atoms with E-state index in [1.54, 1.807) is 0 Å². The summed E-state index contributed by atoms with van der Waals surface area (Å²) in [5.41, 5.74) is 0.0191. The molecule has 3 unspecified atom stereocenters. The molecule has 2 aliphatic heterocycles. The van der Waals surface area contributed by atoms with Crippen LogP contribution in [0.25, 0.3) is 0 Å². The topological polar surface area (TPSA) is 18.5 Å². The van der Waals surface area contributed by atoms with Crippen molar-refractivity contribution in [1.29, 1.82) is 0 Å². The van der Waals surface area contributed by atoms with Gasteiger partial charge in [-0.15, -0.1) is 11.6 Å². The predicted molar refractivity (Wildman–Crippen MR) is 56.8 cm³/mol. The molecule has 82 valence electrons. The summed E-state index contributed by atoms with van der Waals surface area (Å²) in [4.78, 5) is 0. The quantitative estimate of drug-likeness (QED) is 0.664. The zero-order chi connectivity index (χ0) is 10.0. The molecule has 0 aromatic heterocycles. The highest BCUT2D eigenvalue weighted by Gasteiger charge is 2.42. The lowest BCUT2D eigenvalue weighted by molar-refractivity contribution is -0.0982. The minimum Gasteiger partial charge on any atom is -0.378 e. The van der Waals surface area contributed by atoms with Crippen LogP contribution >= 0.6 is 11.6 Å². The molecule has 1 spiro atoms. The Hall–Kier alpha value is 0.210. The molecule has 0 aliphatic carbocycles. The fourth-order valence-corrected chi connectivity index (χ4v) is 2.79. The summed E-state index contributed by atoms with van der Waals surface area (Å²) in [7, 11) is 0. The molecule has 0 bridgehead atoms. The van der Waals surface area contributed by atoms with Crippen LogP contribution in [0.5, 0.6) is 0 Å². The summed E-state index contributed by atoms with van der Waals surface area (Å²) < 4.78 is 11.3. The minimum atomic E-state index is 0.0191. The van der Waals surface area contributed by atoms with Crippen molar-refractivity contribution in [2.45, 2.75) is 43.6 Å². The lowest BCUT2D eigenvalue weighted by Gasteiger charge is -2.38. The van der Waals surface area contributed by atoms with Gasteiger partial charge in [0.2, 0.25) is 0 Å². The summed E-state index contributed by atoms with van der Waals surface area (Å²) >= 11 is 6.31. The number of halogens is 1. The molecule has 2 rings (SSSR count). The Labute approximate surface area is 90.9 Å². The van der Waals surface area contributed by atoms with Gasteiger partial charge in [0.25, 0.3) is 0 Å². The molecule has 0 saturated carbocycles. The monoisotopic (exact) mass is 218 g/mol. The summed E-state index contributed by atoms with van der Waals surface area (Å²) in [6, 6.07) is 0. The second-order valence-corrected chi connectivity index (χ2v) is 5.07. The van der Waals surface area contributed by atoms with Crippen molar-refractivity contribution in [3.8, 4) is 0 Å². The van der Waals surface area contributed by atoms with Crippen molar-refractivity contribution < 1.29 is 9.47 Å². The number of rotatable bonds is 2. The van der Waals surface area contributed by atoms with Crippen molar-refractivity contribution in [2.24, 2.45) is 5.92 Å². The Morgan fingerprint density at radius 3 is 3.00 bits per heavy atom. The molecule has 0 N–H and O–H groups in total. The Morgan fingerprint density at radius 1 is 1.50 bits per heavy atom. The molecule has 2 aliphatic rings. The minimum absolute atomic E-state index is 0.0191. The van der Waals surface area contributed by atoms with Crippen LogP contribution in [0.2, 0.25) is 0 Å². The first kappa shape index (κ1) is 10.7. The van der Waals surface area contributed by atoms with E-state index in [0.717, 1.165) is 45.5 Å². The molecule has 0 aromatic rings. The largest absolute Gasteiger partial charge is 0.378 e. The molecule has 0 aromatic carbocycles. The standard InChI is InChI=1S/C11H19ClO2/c1-2-10(12)9-3-5-14-11(7-9)4-6-13-8-11/h9-10H,2-8H2,1H3. The van der Waals surface area contributed by atoms with Gasteiger partial charge in [0.15, 0.2) is 0 Å². The van der Waals surface area contributed by atoms with Crippen molar-refractivity contribution in [3.63, 3.8) is 0 Å². The summed E-state index contributed by atoms with van der Waals surface area (Å²) in [6.07, 6.45) is 4.32. The second kappa shape index (κ2) is 4.38. The number of hydrogen-bond acceptors (Lipinski definition) is 2. The van der Waals surface area contributed by atoms with E-state index in [4.69, 9.17) is 21.1 Å². The van der Waals surface area contributed by atoms with Gasteiger partial charge in [-0.2, -0.15) is 0 Å². The van der Waals surface area contributed by atoms with Gasteiger partial charge in [0, 0.05) is 25.0 Å². The zero-order valence-electron chi connectivity index (χ0n) is 8.80. The third kappa shape index (κ3) is 2.07. The van der Waals surface area contributed by atoms with Crippen molar-refractivity contribution >= 4 is 11.6 Å². The first-order valence-electron chi connectivity index (χ1n) is 5.61. The lowest BCUT2D eigenvalue weighted by Crippen LogP contribution is -2.42. The highest BCUT2D eigenvalue weighted by molar-refractivity contribution is 6.20. The van der Waals surface area contributed by atoms with Gasteiger partial charge in [0.1, 0.15) is 0 Å². The van der Waals surface area contributed by atoms with E-state index in [9.17, 15) is 0 Å². The molecule has 0 amide bonds. The van der Waals surface area contributed by atoms with E-state index in [0.29, 0.717) is 11.3 Å². The van der Waals surface area contributed by atoms with Crippen molar-refractivity contribution in [3.05, 3.63) is 0 Å². The molecule has 2 nitrogen and oxygen atoms in total. The third-order valence-electron chi connectivity index (χ3n) is 3.50. The van der Waals surface area contributed by atoms with Crippen LogP contribution in [-0.2, 0) is 9.47 Å². The van der Waals surface area contributed by atoms with Crippen molar-refractivity contribution in [2.75, 3.05) is 19.8 Å². The Bertz CT molecular complexity index is 190. The van der Waals surface area contributed by atoms with Crippen LogP contribution in [0.15, 0.2) is 0 Å². The first-order chi connectivity index (χ1) is 6.76. The molecule has 3 atom stereocenters. The van der Waals surface area contributed by atoms with Crippen LogP contribution in [0, 0.1) is 5.92 Å². The molecule has 2 saturated heterocycles.